The van der Waals surface area contributed by atoms with Crippen LogP contribution >= 0.6 is 23.2 Å². The van der Waals surface area contributed by atoms with Gasteiger partial charge in [-0.1, -0.05) is 29.3 Å². The van der Waals surface area contributed by atoms with E-state index in [9.17, 15) is 13.2 Å². The minimum absolute atomic E-state index is 0.0118. The summed E-state index contributed by atoms with van der Waals surface area (Å²) in [5, 5.41) is 5.93. The van der Waals surface area contributed by atoms with Crippen LogP contribution < -0.4 is 9.88 Å². The summed E-state index contributed by atoms with van der Waals surface area (Å²) in [7, 11) is -3.74. The lowest BCUT2D eigenvalue weighted by Crippen LogP contribution is -2.12. The topological polar surface area (TPSA) is 95.7 Å². The predicted octanol–water partition coefficient (Wildman–Crippen LogP) is 3.28. The van der Waals surface area contributed by atoms with Crippen molar-refractivity contribution < 1.29 is 22.7 Å². The lowest BCUT2D eigenvalue weighted by atomic mass is 10.2. The fourth-order valence-corrected chi connectivity index (χ4v) is 2.86. The molecule has 6 nitrogen and oxygen atoms in total. The Bertz CT molecular complexity index is 911. The number of carbonyl (C=O) groups excluding carboxylic acids is 1. The highest BCUT2D eigenvalue weighted by Crippen LogP contribution is 2.22. The quantitative estimate of drug-likeness (QED) is 0.425. The first-order valence-corrected chi connectivity index (χ1v) is 9.61. The Morgan fingerprint density at radius 3 is 2.38 bits per heavy atom. The summed E-state index contributed by atoms with van der Waals surface area (Å²) in [5.41, 5.74) is 0.638. The standard InChI is InChI=1S/C17H15Cl2NO5S/c18-13-3-1-12(16(19)11-13)2-8-17(21)25-10-9-24-14-4-6-15(7-5-14)26(20,22)23/h1-8,11H,9-10H2,(H2,20,22,23)/b8-2+. The van der Waals surface area contributed by atoms with Crippen molar-refractivity contribution in [1.29, 1.82) is 0 Å². The SMILES string of the molecule is NS(=O)(=O)c1ccc(OCCOC(=O)/C=C/c2ccc(Cl)cc2Cl)cc1. The van der Waals surface area contributed by atoms with Crippen molar-refractivity contribution in [2.45, 2.75) is 4.90 Å². The monoisotopic (exact) mass is 415 g/mol. The Hall–Kier alpha value is -2.06. The van der Waals surface area contributed by atoms with Crippen LogP contribution in [0, 0.1) is 0 Å². The molecule has 9 heteroatoms. The van der Waals surface area contributed by atoms with E-state index in [-0.39, 0.29) is 18.1 Å². The molecule has 2 aromatic carbocycles. The molecule has 2 N–H and O–H groups in total. The molecule has 0 saturated carbocycles. The molecule has 0 bridgehead atoms. The molecule has 0 saturated heterocycles. The maximum Gasteiger partial charge on any atom is 0.330 e. The van der Waals surface area contributed by atoms with Gasteiger partial charge < -0.3 is 9.47 Å². The average Bonchev–Trinajstić information content (AvgIpc) is 2.57. The highest BCUT2D eigenvalue weighted by Gasteiger charge is 2.07. The van der Waals surface area contributed by atoms with Crippen LogP contribution in [-0.4, -0.2) is 27.6 Å². The molecule has 2 rings (SSSR count). The minimum atomic E-state index is -3.74. The Labute approximate surface area is 161 Å². The molecule has 0 aromatic heterocycles. The number of halogens is 2. The Morgan fingerprint density at radius 2 is 1.77 bits per heavy atom. The van der Waals surface area contributed by atoms with E-state index in [1.807, 2.05) is 0 Å². The second kappa shape index (κ2) is 9.05. The largest absolute Gasteiger partial charge is 0.490 e. The molecule has 0 unspecified atom stereocenters. The third-order valence-electron chi connectivity index (χ3n) is 3.11. The van der Waals surface area contributed by atoms with Crippen molar-refractivity contribution in [3.8, 4) is 5.75 Å². The van der Waals surface area contributed by atoms with E-state index in [0.29, 0.717) is 21.4 Å². The predicted molar refractivity (Wildman–Crippen MR) is 99.8 cm³/mol. The van der Waals surface area contributed by atoms with Gasteiger partial charge in [-0.2, -0.15) is 0 Å². The van der Waals surface area contributed by atoms with E-state index < -0.39 is 16.0 Å². The molecule has 0 aliphatic rings. The van der Waals surface area contributed by atoms with Crippen molar-refractivity contribution in [1.82, 2.24) is 0 Å². The van der Waals surface area contributed by atoms with Gasteiger partial charge in [-0.25, -0.2) is 18.4 Å². The van der Waals surface area contributed by atoms with E-state index in [4.69, 9.17) is 37.8 Å². The van der Waals surface area contributed by atoms with Gasteiger partial charge in [-0.3, -0.25) is 0 Å². The molecule has 0 amide bonds. The van der Waals surface area contributed by atoms with Gasteiger partial charge in [0.25, 0.3) is 0 Å². The van der Waals surface area contributed by atoms with E-state index >= 15 is 0 Å². The molecule has 26 heavy (non-hydrogen) atoms. The normalized spacial score (nSPS) is 11.5. The molecule has 2 aromatic rings. The number of sulfonamides is 1. The number of hydrogen-bond donors (Lipinski definition) is 1. The molecule has 0 spiro atoms. The zero-order valence-corrected chi connectivity index (χ0v) is 15.7. The van der Waals surface area contributed by atoms with Crippen LogP contribution in [0.2, 0.25) is 10.0 Å². The lowest BCUT2D eigenvalue weighted by Gasteiger charge is -2.07. The van der Waals surface area contributed by atoms with Crippen LogP contribution in [0.1, 0.15) is 5.56 Å². The molecule has 0 radical (unpaired) electrons. The van der Waals surface area contributed by atoms with Gasteiger partial charge in [0.2, 0.25) is 10.0 Å². The summed E-state index contributed by atoms with van der Waals surface area (Å²) >= 11 is 11.8. The Kier molecular flexibility index (Phi) is 7.05. The maximum absolute atomic E-state index is 11.6. The Balaban J connectivity index is 1.77. The molecular weight excluding hydrogens is 401 g/mol. The van der Waals surface area contributed by atoms with Gasteiger partial charge in [0, 0.05) is 16.1 Å². The van der Waals surface area contributed by atoms with Gasteiger partial charge in [-0.15, -0.1) is 0 Å². The summed E-state index contributed by atoms with van der Waals surface area (Å²) in [5.74, 6) is -0.124. The summed E-state index contributed by atoms with van der Waals surface area (Å²) in [6, 6.07) is 10.5. The molecule has 0 aliphatic carbocycles. The molecule has 0 aliphatic heterocycles. The van der Waals surface area contributed by atoms with Crippen LogP contribution in [-0.2, 0) is 19.6 Å². The minimum Gasteiger partial charge on any atom is -0.490 e. The summed E-state index contributed by atoms with van der Waals surface area (Å²) in [6.07, 6.45) is 2.77. The number of ether oxygens (including phenoxy) is 2. The molecule has 138 valence electrons. The van der Waals surface area contributed by atoms with Crippen molar-refractivity contribution in [2.75, 3.05) is 13.2 Å². The fourth-order valence-electron chi connectivity index (χ4n) is 1.87. The van der Waals surface area contributed by atoms with E-state index in [0.717, 1.165) is 0 Å². The van der Waals surface area contributed by atoms with Gasteiger partial charge in [0.05, 0.1) is 4.90 Å². The first-order chi connectivity index (χ1) is 12.3. The second-order valence-electron chi connectivity index (χ2n) is 5.03. The summed E-state index contributed by atoms with van der Waals surface area (Å²) in [4.78, 5) is 11.6. The van der Waals surface area contributed by atoms with Crippen molar-refractivity contribution in [3.63, 3.8) is 0 Å². The van der Waals surface area contributed by atoms with Crippen LogP contribution in [0.3, 0.4) is 0 Å². The molecule has 0 atom stereocenters. The highest BCUT2D eigenvalue weighted by molar-refractivity contribution is 7.89. The third kappa shape index (κ3) is 6.34. The van der Waals surface area contributed by atoms with Crippen LogP contribution in [0.5, 0.6) is 5.75 Å². The zero-order valence-electron chi connectivity index (χ0n) is 13.4. The van der Waals surface area contributed by atoms with Gasteiger partial charge >= 0.3 is 5.97 Å². The smallest absolute Gasteiger partial charge is 0.330 e. The second-order valence-corrected chi connectivity index (χ2v) is 7.44. The number of nitrogens with two attached hydrogens (primary N) is 1. The van der Waals surface area contributed by atoms with Gasteiger partial charge in [0.15, 0.2) is 0 Å². The third-order valence-corrected chi connectivity index (χ3v) is 4.60. The number of esters is 1. The van der Waals surface area contributed by atoms with E-state index in [1.54, 1.807) is 18.2 Å². The van der Waals surface area contributed by atoms with Crippen LogP contribution in [0.15, 0.2) is 53.4 Å². The number of rotatable bonds is 7. The van der Waals surface area contributed by atoms with Crippen molar-refractivity contribution in [2.24, 2.45) is 5.14 Å². The number of primary sulfonamides is 1. The first-order valence-electron chi connectivity index (χ1n) is 7.31. The molecule has 0 heterocycles. The zero-order chi connectivity index (χ0) is 19.2. The number of benzene rings is 2. The average molecular weight is 416 g/mol. The summed E-state index contributed by atoms with van der Waals surface area (Å²) in [6.45, 7) is 0.129. The van der Waals surface area contributed by atoms with Gasteiger partial charge in [0.1, 0.15) is 19.0 Å². The Morgan fingerprint density at radius 1 is 1.08 bits per heavy atom. The van der Waals surface area contributed by atoms with Crippen molar-refractivity contribution in [3.05, 3.63) is 64.1 Å². The van der Waals surface area contributed by atoms with Crippen LogP contribution in [0.4, 0.5) is 0 Å². The highest BCUT2D eigenvalue weighted by atomic mass is 35.5. The van der Waals surface area contributed by atoms with Gasteiger partial charge in [-0.05, 0) is 48.0 Å². The van der Waals surface area contributed by atoms with Crippen LogP contribution in [0.25, 0.3) is 6.08 Å². The molecular formula is C17H15Cl2NO5S. The maximum atomic E-state index is 11.6. The fraction of sp³-hybridized carbons (Fsp3) is 0.118. The van der Waals surface area contributed by atoms with E-state index in [1.165, 1.54) is 36.4 Å². The van der Waals surface area contributed by atoms with Crippen molar-refractivity contribution >= 4 is 45.3 Å². The number of hydrogen-bond acceptors (Lipinski definition) is 5. The molecule has 0 fully saturated rings. The number of carbonyl (C=O) groups is 1. The summed E-state index contributed by atoms with van der Waals surface area (Å²) < 4.78 is 32.6. The lowest BCUT2D eigenvalue weighted by molar-refractivity contribution is -0.138. The first kappa shape index (κ1) is 20.3. The van der Waals surface area contributed by atoms with E-state index in [2.05, 4.69) is 0 Å².